The number of anilines is 2. The van der Waals surface area contributed by atoms with Gasteiger partial charge >= 0.3 is 0 Å². The zero-order chi connectivity index (χ0) is 36.8. The Balaban J connectivity index is 1.02. The summed E-state index contributed by atoms with van der Waals surface area (Å²) >= 11 is 0. The first-order valence-electron chi connectivity index (χ1n) is 19.3. The van der Waals surface area contributed by atoms with Crippen molar-refractivity contribution in [3.8, 4) is 11.1 Å². The molecule has 280 valence electrons. The van der Waals surface area contributed by atoms with Crippen LogP contribution in [0.3, 0.4) is 0 Å². The minimum absolute atomic E-state index is 0.0224. The first kappa shape index (κ1) is 38.2. The highest BCUT2D eigenvalue weighted by molar-refractivity contribution is 5.93. The smallest absolute Gasteiger partial charge is 0.224 e. The quantitative estimate of drug-likeness (QED) is 0.0768. The van der Waals surface area contributed by atoms with Crippen LogP contribution in [0, 0.1) is 0 Å². The van der Waals surface area contributed by atoms with Crippen LogP contribution >= 0.6 is 0 Å². The van der Waals surface area contributed by atoms with Crippen molar-refractivity contribution in [2.75, 3.05) is 30.7 Å². The summed E-state index contributed by atoms with van der Waals surface area (Å²) in [5.41, 5.74) is 13.2. The second kappa shape index (κ2) is 19.5. The number of ether oxygens (including phenoxy) is 2. The Hall–Kier alpha value is -4.54. The van der Waals surface area contributed by atoms with Gasteiger partial charge in [0.25, 0.3) is 0 Å². The number of nitrogen functional groups attached to an aromatic ring is 1. The van der Waals surface area contributed by atoms with E-state index in [1.165, 1.54) is 32.1 Å². The maximum absolute atomic E-state index is 12.6. The van der Waals surface area contributed by atoms with Gasteiger partial charge < -0.3 is 35.8 Å². The van der Waals surface area contributed by atoms with Gasteiger partial charge in [0.05, 0.1) is 30.2 Å². The van der Waals surface area contributed by atoms with Gasteiger partial charge in [-0.05, 0) is 84.8 Å². The van der Waals surface area contributed by atoms with Gasteiger partial charge in [-0.15, -0.1) is 0 Å². The van der Waals surface area contributed by atoms with Gasteiger partial charge in [0.1, 0.15) is 0 Å². The summed E-state index contributed by atoms with van der Waals surface area (Å²) in [7, 11) is 0. The van der Waals surface area contributed by atoms with E-state index in [-0.39, 0.29) is 30.6 Å². The second-order valence-electron chi connectivity index (χ2n) is 14.4. The molecule has 6 rings (SSSR count). The van der Waals surface area contributed by atoms with Gasteiger partial charge in [-0.2, -0.15) is 0 Å². The molecule has 2 saturated heterocycles. The molecule has 0 saturated carbocycles. The van der Waals surface area contributed by atoms with E-state index in [9.17, 15) is 14.7 Å². The summed E-state index contributed by atoms with van der Waals surface area (Å²) < 4.78 is 13.3. The SMILES string of the molecule is Nc1ccccc1NC(=O)CCCCC(=O)NCc1cccc(-c2ccc(C3OC(CN4CCCCCCC4)CC(c4ccc(CO)cc4)O3)cc2)c1. The number of nitrogens with zero attached hydrogens (tertiary/aromatic N) is 1. The average Bonchev–Trinajstić information content (AvgIpc) is 3.18. The molecule has 9 nitrogen and oxygen atoms in total. The predicted molar refractivity (Wildman–Crippen MR) is 210 cm³/mol. The standard InChI is InChI=1S/C44H54N4O5/c45-39-13-4-5-14-40(39)47-43(51)16-7-6-15-42(50)46-29-33-11-10-12-37(27-33)34-21-23-36(24-22-34)44-52-38(30-48-25-8-2-1-3-9-26-48)28-41(53-44)35-19-17-32(31-49)18-20-35/h4-5,10-14,17-24,27,38,41,44,49H,1-3,6-9,15-16,25-26,28-31,45H2,(H,46,50)(H,47,51). The number of unbranched alkanes of at least 4 members (excludes halogenated alkanes) is 1. The van der Waals surface area contributed by atoms with Crippen molar-refractivity contribution in [2.24, 2.45) is 0 Å². The number of benzene rings is 4. The summed E-state index contributed by atoms with van der Waals surface area (Å²) in [5.74, 6) is -0.142. The molecule has 5 N–H and O–H groups in total. The maximum Gasteiger partial charge on any atom is 0.224 e. The van der Waals surface area contributed by atoms with Crippen molar-refractivity contribution < 1.29 is 24.2 Å². The van der Waals surface area contributed by atoms with Crippen molar-refractivity contribution in [1.29, 1.82) is 0 Å². The lowest BCUT2D eigenvalue weighted by atomic mass is 9.98. The number of carbonyl (C=O) groups excluding carboxylic acids is 2. The van der Waals surface area contributed by atoms with Crippen molar-refractivity contribution >= 4 is 23.2 Å². The molecule has 2 amide bonds. The third kappa shape index (κ3) is 11.5. The number of aliphatic hydroxyl groups is 1. The second-order valence-corrected chi connectivity index (χ2v) is 14.4. The van der Waals surface area contributed by atoms with Crippen LogP contribution in [-0.4, -0.2) is 47.6 Å². The van der Waals surface area contributed by atoms with Crippen molar-refractivity contribution in [1.82, 2.24) is 10.2 Å². The number of para-hydroxylation sites is 2. The molecule has 2 heterocycles. The molecule has 2 aliphatic rings. The maximum atomic E-state index is 12.6. The number of aliphatic hydroxyl groups excluding tert-OH is 1. The van der Waals surface area contributed by atoms with E-state index < -0.39 is 6.29 Å². The van der Waals surface area contributed by atoms with E-state index in [1.54, 1.807) is 12.1 Å². The van der Waals surface area contributed by atoms with Crippen molar-refractivity contribution in [3.05, 3.63) is 119 Å². The molecule has 2 fully saturated rings. The third-order valence-electron chi connectivity index (χ3n) is 10.3. The fourth-order valence-electron chi connectivity index (χ4n) is 7.19. The Labute approximate surface area is 313 Å². The molecule has 0 radical (unpaired) electrons. The van der Waals surface area contributed by atoms with Gasteiger partial charge in [-0.1, -0.05) is 98.1 Å². The minimum atomic E-state index is -0.487. The van der Waals surface area contributed by atoms with Gasteiger partial charge in [-0.3, -0.25) is 9.59 Å². The fraction of sp³-hybridized carbons (Fsp3) is 0.409. The van der Waals surface area contributed by atoms with Crippen LogP contribution in [0.5, 0.6) is 0 Å². The molecule has 9 heteroatoms. The fourth-order valence-corrected chi connectivity index (χ4v) is 7.19. The molecule has 3 unspecified atom stereocenters. The van der Waals surface area contributed by atoms with Crippen LogP contribution in [-0.2, 0) is 32.2 Å². The summed E-state index contributed by atoms with van der Waals surface area (Å²) in [6, 6.07) is 31.8. The largest absolute Gasteiger partial charge is 0.397 e. The summed E-state index contributed by atoms with van der Waals surface area (Å²) in [4.78, 5) is 27.4. The zero-order valence-corrected chi connectivity index (χ0v) is 30.7. The Bertz CT molecular complexity index is 1750. The van der Waals surface area contributed by atoms with Crippen LogP contribution in [0.2, 0.25) is 0 Å². The highest BCUT2D eigenvalue weighted by Gasteiger charge is 2.33. The van der Waals surface area contributed by atoms with Crippen LogP contribution in [0.25, 0.3) is 11.1 Å². The number of nitrogens with two attached hydrogens (primary N) is 1. The van der Waals surface area contributed by atoms with Crippen LogP contribution in [0.1, 0.15) is 98.9 Å². The average molecular weight is 719 g/mol. The zero-order valence-electron chi connectivity index (χ0n) is 30.7. The number of hydrogen-bond acceptors (Lipinski definition) is 7. The van der Waals surface area contributed by atoms with Crippen molar-refractivity contribution in [3.63, 3.8) is 0 Å². The number of amides is 2. The molecule has 3 atom stereocenters. The molecule has 4 aromatic rings. The Morgan fingerprint density at radius 1 is 0.736 bits per heavy atom. The van der Waals surface area contributed by atoms with Gasteiger partial charge in [-0.25, -0.2) is 0 Å². The Morgan fingerprint density at radius 3 is 2.17 bits per heavy atom. The molecule has 53 heavy (non-hydrogen) atoms. The highest BCUT2D eigenvalue weighted by atomic mass is 16.7. The third-order valence-corrected chi connectivity index (χ3v) is 10.3. The summed E-state index contributed by atoms with van der Waals surface area (Å²) in [5, 5.41) is 15.4. The van der Waals surface area contributed by atoms with Crippen molar-refractivity contribution in [2.45, 2.75) is 95.9 Å². The lowest BCUT2D eigenvalue weighted by molar-refractivity contribution is -0.253. The van der Waals surface area contributed by atoms with Crippen LogP contribution in [0.15, 0.2) is 97.1 Å². The van der Waals surface area contributed by atoms with Crippen LogP contribution < -0.4 is 16.4 Å². The minimum Gasteiger partial charge on any atom is -0.397 e. The molecular formula is C44H54N4O5. The Morgan fingerprint density at radius 2 is 1.43 bits per heavy atom. The molecule has 0 spiro atoms. The molecule has 0 bridgehead atoms. The predicted octanol–water partition coefficient (Wildman–Crippen LogP) is 8.05. The Kier molecular flexibility index (Phi) is 14.1. The van der Waals surface area contributed by atoms with E-state index in [4.69, 9.17) is 15.2 Å². The summed E-state index contributed by atoms with van der Waals surface area (Å²) in [6.07, 6.45) is 8.58. The highest BCUT2D eigenvalue weighted by Crippen LogP contribution is 2.39. The molecule has 2 aliphatic heterocycles. The van der Waals surface area contributed by atoms with Crippen LogP contribution in [0.4, 0.5) is 11.4 Å². The topological polar surface area (TPSA) is 126 Å². The monoisotopic (exact) mass is 718 g/mol. The molecular weight excluding hydrogens is 665 g/mol. The van der Waals surface area contributed by atoms with E-state index in [0.29, 0.717) is 43.6 Å². The lowest BCUT2D eigenvalue weighted by Crippen LogP contribution is -2.40. The van der Waals surface area contributed by atoms with Gasteiger partial charge in [0, 0.05) is 37.9 Å². The van der Waals surface area contributed by atoms with E-state index in [1.807, 2.05) is 36.4 Å². The molecule has 4 aromatic carbocycles. The summed E-state index contributed by atoms with van der Waals surface area (Å²) in [6.45, 7) is 3.58. The van der Waals surface area contributed by atoms with E-state index in [2.05, 4.69) is 64.1 Å². The molecule has 0 aromatic heterocycles. The first-order chi connectivity index (χ1) is 25.9. The first-order valence-corrected chi connectivity index (χ1v) is 19.3. The molecule has 0 aliphatic carbocycles. The lowest BCUT2D eigenvalue weighted by Gasteiger charge is -2.38. The number of carbonyl (C=O) groups is 2. The van der Waals surface area contributed by atoms with E-state index in [0.717, 1.165) is 59.4 Å². The number of likely N-dealkylation sites (tertiary alicyclic amines) is 1. The normalized spacial score (nSPS) is 19.5. The van der Waals surface area contributed by atoms with E-state index >= 15 is 0 Å². The van der Waals surface area contributed by atoms with Gasteiger partial charge in [0.2, 0.25) is 11.8 Å². The number of hydrogen-bond donors (Lipinski definition) is 4. The number of rotatable bonds is 14. The number of nitrogens with one attached hydrogen (secondary N) is 2. The van der Waals surface area contributed by atoms with Gasteiger partial charge in [0.15, 0.2) is 6.29 Å².